The molecule has 1 amide bonds. The molecule has 24 heavy (non-hydrogen) atoms. The van der Waals surface area contributed by atoms with E-state index in [2.05, 4.69) is 36.3 Å². The number of benzene rings is 2. The maximum Gasteiger partial charge on any atom is 0.237 e. The van der Waals surface area contributed by atoms with Crippen LogP contribution in [0.15, 0.2) is 54.6 Å². The van der Waals surface area contributed by atoms with Crippen molar-refractivity contribution in [3.63, 3.8) is 0 Å². The van der Waals surface area contributed by atoms with Crippen LogP contribution in [0.25, 0.3) is 22.2 Å². The summed E-state index contributed by atoms with van der Waals surface area (Å²) in [4.78, 5) is 16.2. The van der Waals surface area contributed by atoms with Crippen molar-refractivity contribution in [2.45, 2.75) is 19.1 Å². The van der Waals surface area contributed by atoms with Gasteiger partial charge in [-0.1, -0.05) is 62.4 Å². The Morgan fingerprint density at radius 2 is 1.71 bits per heavy atom. The lowest BCUT2D eigenvalue weighted by Crippen LogP contribution is -2.29. The van der Waals surface area contributed by atoms with Crippen LogP contribution >= 0.6 is 11.8 Å². The molecule has 1 heterocycles. The number of para-hydroxylation sites is 1. The lowest BCUT2D eigenvalue weighted by Gasteiger charge is -2.18. The molecule has 2 aromatic carbocycles. The topological polar surface area (TPSA) is 44.9 Å². The van der Waals surface area contributed by atoms with E-state index in [4.69, 9.17) is 0 Å². The van der Waals surface area contributed by atoms with Crippen LogP contribution in [0.2, 0.25) is 0 Å². The molecule has 1 atom stereocenters. The van der Waals surface area contributed by atoms with Crippen LogP contribution in [-0.4, -0.2) is 22.4 Å². The van der Waals surface area contributed by atoms with Gasteiger partial charge in [-0.3, -0.25) is 4.79 Å². The first-order valence-corrected chi connectivity index (χ1v) is 9.40. The largest absolute Gasteiger partial charge is 0.353 e. The molecule has 0 aliphatic rings. The number of H-pyrrole nitrogens is 1. The second-order valence-corrected chi connectivity index (χ2v) is 7.16. The molecule has 0 aliphatic heterocycles. The SMILES string of the molecule is CSC(C(=O)Nc1c(-c2ccccc2)[nH]c2ccccc12)C(C)C. The molecule has 0 saturated heterocycles. The minimum absolute atomic E-state index is 0.0550. The van der Waals surface area contributed by atoms with Gasteiger partial charge in [0.05, 0.1) is 16.6 Å². The first kappa shape index (κ1) is 16.7. The third-order valence-corrected chi connectivity index (χ3v) is 5.40. The van der Waals surface area contributed by atoms with Crippen molar-refractivity contribution in [3.8, 4) is 11.3 Å². The molecule has 0 saturated carbocycles. The fourth-order valence-corrected chi connectivity index (χ4v) is 3.79. The Balaban J connectivity index is 2.07. The minimum Gasteiger partial charge on any atom is -0.353 e. The van der Waals surface area contributed by atoms with Crippen LogP contribution in [0.1, 0.15) is 13.8 Å². The summed E-state index contributed by atoms with van der Waals surface area (Å²) in [6.45, 7) is 4.15. The molecular weight excluding hydrogens is 316 g/mol. The summed E-state index contributed by atoms with van der Waals surface area (Å²) in [6, 6.07) is 18.2. The molecule has 0 radical (unpaired) electrons. The molecule has 1 unspecified atom stereocenters. The Labute approximate surface area is 146 Å². The number of anilines is 1. The maximum absolute atomic E-state index is 12.8. The lowest BCUT2D eigenvalue weighted by atomic mass is 10.1. The maximum atomic E-state index is 12.8. The fraction of sp³-hybridized carbons (Fsp3) is 0.250. The third-order valence-electron chi connectivity index (χ3n) is 4.13. The van der Waals surface area contributed by atoms with Gasteiger partial charge in [-0.15, -0.1) is 0 Å². The molecular formula is C20H22N2OS. The molecule has 3 nitrogen and oxygen atoms in total. The number of aromatic nitrogens is 1. The Morgan fingerprint density at radius 3 is 2.38 bits per heavy atom. The van der Waals surface area contributed by atoms with Gasteiger partial charge >= 0.3 is 0 Å². The molecule has 3 rings (SSSR count). The highest BCUT2D eigenvalue weighted by atomic mass is 32.2. The standard InChI is InChI=1S/C20H22N2OS/c1-13(2)19(24-3)20(23)22-18-15-11-7-8-12-16(15)21-17(18)14-9-5-4-6-10-14/h4-13,19,21H,1-3H3,(H,22,23). The average molecular weight is 338 g/mol. The van der Waals surface area contributed by atoms with Gasteiger partial charge in [-0.05, 0) is 18.2 Å². The summed E-state index contributed by atoms with van der Waals surface area (Å²) in [7, 11) is 0. The molecule has 0 aliphatic carbocycles. The van der Waals surface area contributed by atoms with Gasteiger partial charge in [-0.25, -0.2) is 0 Å². The third kappa shape index (κ3) is 3.20. The van der Waals surface area contributed by atoms with Crippen molar-refractivity contribution in [1.29, 1.82) is 0 Å². The quantitative estimate of drug-likeness (QED) is 0.675. The van der Waals surface area contributed by atoms with Crippen molar-refractivity contribution < 1.29 is 4.79 Å². The molecule has 0 bridgehead atoms. The zero-order valence-corrected chi connectivity index (χ0v) is 15.0. The molecule has 3 aromatic rings. The zero-order chi connectivity index (χ0) is 17.1. The van der Waals surface area contributed by atoms with Gasteiger partial charge in [0.1, 0.15) is 0 Å². The molecule has 0 spiro atoms. The van der Waals surface area contributed by atoms with Crippen molar-refractivity contribution in [2.75, 3.05) is 11.6 Å². The Hall–Kier alpha value is -2.20. The Kier molecular flexibility index (Phi) is 4.95. The van der Waals surface area contributed by atoms with E-state index in [1.165, 1.54) is 0 Å². The number of hydrogen-bond donors (Lipinski definition) is 2. The number of carbonyl (C=O) groups is 1. The van der Waals surface area contributed by atoms with Gasteiger partial charge in [0.15, 0.2) is 0 Å². The van der Waals surface area contributed by atoms with E-state index in [1.54, 1.807) is 11.8 Å². The predicted octanol–water partition coefficient (Wildman–Crippen LogP) is 5.16. The number of thioether (sulfide) groups is 1. The summed E-state index contributed by atoms with van der Waals surface area (Å²) in [5.41, 5.74) is 3.90. The average Bonchev–Trinajstić information content (AvgIpc) is 2.95. The smallest absolute Gasteiger partial charge is 0.237 e. The van der Waals surface area contributed by atoms with Gasteiger partial charge in [0.25, 0.3) is 0 Å². The highest BCUT2D eigenvalue weighted by Gasteiger charge is 2.23. The summed E-state index contributed by atoms with van der Waals surface area (Å²) in [5, 5.41) is 4.14. The van der Waals surface area contributed by atoms with Gasteiger partial charge in [0, 0.05) is 16.5 Å². The Morgan fingerprint density at radius 1 is 1.04 bits per heavy atom. The Bertz CT molecular complexity index is 839. The molecule has 2 N–H and O–H groups in total. The van der Waals surface area contributed by atoms with Gasteiger partial charge in [0.2, 0.25) is 5.91 Å². The highest BCUT2D eigenvalue weighted by Crippen LogP contribution is 2.35. The number of nitrogens with one attached hydrogen (secondary N) is 2. The number of fused-ring (bicyclic) bond motifs is 1. The van der Waals surface area contributed by atoms with Gasteiger partial charge in [-0.2, -0.15) is 11.8 Å². The van der Waals surface area contributed by atoms with Gasteiger partial charge < -0.3 is 10.3 Å². The van der Waals surface area contributed by atoms with Crippen LogP contribution in [0.4, 0.5) is 5.69 Å². The molecule has 1 aromatic heterocycles. The van der Waals surface area contributed by atoms with Crippen molar-refractivity contribution in [1.82, 2.24) is 4.98 Å². The number of aromatic amines is 1. The van der Waals surface area contributed by atoms with Crippen LogP contribution in [0.5, 0.6) is 0 Å². The molecule has 4 heteroatoms. The number of rotatable bonds is 5. The van der Waals surface area contributed by atoms with Crippen molar-refractivity contribution >= 4 is 34.3 Å². The van der Waals surface area contributed by atoms with Crippen LogP contribution in [0.3, 0.4) is 0 Å². The normalized spacial score (nSPS) is 12.5. The van der Waals surface area contributed by atoms with E-state index in [0.717, 1.165) is 27.8 Å². The molecule has 0 fully saturated rings. The fourth-order valence-electron chi connectivity index (χ4n) is 2.97. The van der Waals surface area contributed by atoms with Crippen molar-refractivity contribution in [2.24, 2.45) is 5.92 Å². The zero-order valence-electron chi connectivity index (χ0n) is 14.2. The van der Waals surface area contributed by atoms with E-state index in [-0.39, 0.29) is 17.1 Å². The second kappa shape index (κ2) is 7.14. The lowest BCUT2D eigenvalue weighted by molar-refractivity contribution is -0.116. The first-order valence-electron chi connectivity index (χ1n) is 8.11. The second-order valence-electron chi connectivity index (χ2n) is 6.18. The summed E-state index contributed by atoms with van der Waals surface area (Å²) < 4.78 is 0. The van der Waals surface area contributed by atoms with E-state index in [9.17, 15) is 4.79 Å². The number of amides is 1. The predicted molar refractivity (Wildman–Crippen MR) is 105 cm³/mol. The first-order chi connectivity index (χ1) is 11.6. The number of carbonyl (C=O) groups excluding carboxylic acids is 1. The minimum atomic E-state index is -0.0673. The highest BCUT2D eigenvalue weighted by molar-refractivity contribution is 7.99. The summed E-state index contributed by atoms with van der Waals surface area (Å²) in [6.07, 6.45) is 1.98. The van der Waals surface area contributed by atoms with E-state index in [1.807, 2.05) is 48.7 Å². The number of hydrogen-bond acceptors (Lipinski definition) is 2. The van der Waals surface area contributed by atoms with E-state index in [0.29, 0.717) is 0 Å². The monoisotopic (exact) mass is 338 g/mol. The van der Waals surface area contributed by atoms with Crippen LogP contribution in [-0.2, 0) is 4.79 Å². The summed E-state index contributed by atoms with van der Waals surface area (Å²) in [5.74, 6) is 0.338. The molecule has 124 valence electrons. The van der Waals surface area contributed by atoms with E-state index >= 15 is 0 Å². The van der Waals surface area contributed by atoms with E-state index < -0.39 is 0 Å². The van der Waals surface area contributed by atoms with Crippen LogP contribution < -0.4 is 5.32 Å². The van der Waals surface area contributed by atoms with Crippen molar-refractivity contribution in [3.05, 3.63) is 54.6 Å². The van der Waals surface area contributed by atoms with Crippen LogP contribution in [0, 0.1) is 5.92 Å². The summed E-state index contributed by atoms with van der Waals surface area (Å²) >= 11 is 1.59.